The predicted octanol–water partition coefficient (Wildman–Crippen LogP) is 2.31. The molecule has 12 heteroatoms. The maximum Gasteiger partial charge on any atom is 0.329 e. The summed E-state index contributed by atoms with van der Waals surface area (Å²) in [6, 6.07) is 16.6. The van der Waals surface area contributed by atoms with Crippen molar-refractivity contribution < 1.29 is 9.59 Å². The summed E-state index contributed by atoms with van der Waals surface area (Å²) in [6.45, 7) is 2.70. The van der Waals surface area contributed by atoms with Crippen molar-refractivity contribution >= 4 is 40.6 Å². The molecule has 1 atom stereocenters. The van der Waals surface area contributed by atoms with Gasteiger partial charge >= 0.3 is 11.7 Å². The van der Waals surface area contributed by atoms with Crippen LogP contribution < -0.4 is 32.1 Å². The zero-order valence-electron chi connectivity index (χ0n) is 22.3. The number of carbonyl (C=O) groups excluding carboxylic acids is 2. The molecule has 1 aromatic heterocycles. The van der Waals surface area contributed by atoms with E-state index in [1.54, 1.807) is 32.2 Å². The fraction of sp³-hybridized carbons (Fsp3) is 0.321. The molecule has 4 N–H and O–H groups in total. The van der Waals surface area contributed by atoms with E-state index >= 15 is 0 Å². The zero-order chi connectivity index (χ0) is 27.6. The number of carbonyl (C=O) groups is 2. The lowest BCUT2D eigenvalue weighted by Crippen LogP contribution is -2.46. The number of amides is 3. The minimum atomic E-state index is -0.859. The number of urea groups is 1. The zero-order valence-corrected chi connectivity index (χ0v) is 24.0. The lowest BCUT2D eigenvalue weighted by molar-refractivity contribution is -0.122. The summed E-state index contributed by atoms with van der Waals surface area (Å²) < 4.78 is 1.31. The largest absolute Gasteiger partial charge is 0.352 e. The first-order valence-corrected chi connectivity index (χ1v) is 12.8. The van der Waals surface area contributed by atoms with Gasteiger partial charge in [-0.2, -0.15) is 0 Å². The van der Waals surface area contributed by atoms with Crippen LogP contribution in [0.25, 0.3) is 0 Å². The molecule has 5 rings (SSSR count). The van der Waals surface area contributed by atoms with Crippen LogP contribution in [0.2, 0.25) is 0 Å². The van der Waals surface area contributed by atoms with Crippen LogP contribution in [0.4, 0.5) is 10.5 Å². The van der Waals surface area contributed by atoms with Gasteiger partial charge in [-0.05, 0) is 48.9 Å². The maximum atomic E-state index is 13.2. The highest BCUT2D eigenvalue weighted by molar-refractivity contribution is 8.93. The Bertz CT molecular complexity index is 1550. The number of nitrogens with zero attached hydrogens (tertiary/aromatic N) is 3. The first-order valence-electron chi connectivity index (χ1n) is 12.8. The summed E-state index contributed by atoms with van der Waals surface area (Å²) in [5.41, 5.74) is 0.918. The van der Waals surface area contributed by atoms with Crippen molar-refractivity contribution in [1.82, 2.24) is 25.5 Å². The number of anilines is 1. The molecule has 0 radical (unpaired) electrons. The third-order valence-corrected chi connectivity index (χ3v) is 7.13. The Morgan fingerprint density at radius 2 is 1.70 bits per heavy atom. The molecule has 1 saturated heterocycles. The van der Waals surface area contributed by atoms with Gasteiger partial charge < -0.3 is 20.5 Å². The number of rotatable bonds is 8. The summed E-state index contributed by atoms with van der Waals surface area (Å²) in [4.78, 5) is 58.0. The van der Waals surface area contributed by atoms with Crippen LogP contribution in [-0.4, -0.2) is 33.0 Å². The van der Waals surface area contributed by atoms with Crippen LogP contribution in [-0.2, 0) is 31.5 Å². The number of nitrogens with one attached hydrogen (secondary N) is 4. The molecule has 1 saturated carbocycles. The molecule has 3 amide bonds. The van der Waals surface area contributed by atoms with E-state index in [1.165, 1.54) is 15.7 Å². The Hall–Kier alpha value is -4.19. The van der Waals surface area contributed by atoms with Crippen LogP contribution in [0, 0.1) is 5.92 Å². The molecule has 40 heavy (non-hydrogen) atoms. The number of aliphatic imine (C=N–C) groups is 1. The number of aromatic nitrogens is 2. The summed E-state index contributed by atoms with van der Waals surface area (Å²) >= 11 is 0. The van der Waals surface area contributed by atoms with Gasteiger partial charge in [0.1, 0.15) is 5.54 Å². The topological polar surface area (TPSA) is 141 Å². The summed E-state index contributed by atoms with van der Waals surface area (Å²) in [5, 5.41) is 9.30. The Kier molecular flexibility index (Phi) is 8.58. The van der Waals surface area contributed by atoms with Gasteiger partial charge in [0.05, 0.1) is 17.8 Å². The first-order chi connectivity index (χ1) is 18.7. The second-order valence-corrected chi connectivity index (χ2v) is 10.1. The van der Waals surface area contributed by atoms with E-state index in [9.17, 15) is 19.2 Å². The molecule has 1 aliphatic carbocycles. The van der Waals surface area contributed by atoms with Gasteiger partial charge in [-0.15, -0.1) is 17.0 Å². The van der Waals surface area contributed by atoms with Gasteiger partial charge in [0.15, 0.2) is 5.96 Å². The molecular weight excluding hydrogens is 578 g/mol. The van der Waals surface area contributed by atoms with E-state index < -0.39 is 22.8 Å². The molecule has 2 aromatic carbocycles. The van der Waals surface area contributed by atoms with Crippen LogP contribution in [0.15, 0.2) is 75.4 Å². The summed E-state index contributed by atoms with van der Waals surface area (Å²) in [6.07, 6.45) is 3.35. The minimum absolute atomic E-state index is 0. The number of hydrogen-bond acceptors (Lipinski definition) is 5. The number of hydrogen-bond donors (Lipinski definition) is 4. The Labute approximate surface area is 241 Å². The third-order valence-electron chi connectivity index (χ3n) is 7.13. The Morgan fingerprint density at radius 1 is 1.00 bits per heavy atom. The van der Waals surface area contributed by atoms with Crippen LogP contribution >= 0.6 is 17.0 Å². The number of aromatic amines is 1. The molecule has 3 aromatic rings. The van der Waals surface area contributed by atoms with Gasteiger partial charge in [-0.3, -0.25) is 14.6 Å². The van der Waals surface area contributed by atoms with E-state index in [2.05, 4.69) is 25.9 Å². The minimum Gasteiger partial charge on any atom is -0.352 e. The number of guanidine groups is 1. The van der Waals surface area contributed by atoms with Gasteiger partial charge in [-0.25, -0.2) is 19.5 Å². The highest BCUT2D eigenvalue weighted by Crippen LogP contribution is 2.43. The van der Waals surface area contributed by atoms with Crippen molar-refractivity contribution in [3.8, 4) is 0 Å². The highest BCUT2D eigenvalue weighted by atomic mass is 79.9. The first kappa shape index (κ1) is 28.8. The fourth-order valence-electron chi connectivity index (χ4n) is 4.67. The number of benzene rings is 2. The monoisotopic (exact) mass is 609 g/mol. The van der Waals surface area contributed by atoms with Crippen LogP contribution in [0.5, 0.6) is 0 Å². The van der Waals surface area contributed by atoms with Crippen LogP contribution in [0.1, 0.15) is 36.5 Å². The number of imide groups is 1. The quantitative estimate of drug-likeness (QED) is 0.175. The fourth-order valence-corrected chi connectivity index (χ4v) is 4.67. The Balaban J connectivity index is 0.00000370. The molecule has 0 bridgehead atoms. The average Bonchev–Trinajstić information content (AvgIpc) is 3.75. The second kappa shape index (κ2) is 11.9. The molecule has 11 nitrogen and oxygen atoms in total. The van der Waals surface area contributed by atoms with Gasteiger partial charge in [0.25, 0.3) is 11.5 Å². The van der Waals surface area contributed by atoms with Crippen molar-refractivity contribution in [3.63, 3.8) is 0 Å². The van der Waals surface area contributed by atoms with Crippen molar-refractivity contribution in [2.24, 2.45) is 18.0 Å². The third kappa shape index (κ3) is 6.17. The standard InChI is InChI=1S/C28H31N7O4.BrH/c1-28(21-11-12-21)24(37)35(27(39)33-28)22-10-6-9-19(13-22)15-30-25(29-14-18-7-4-3-5-8-18)31-16-20-17-34(2)26(38)32-23(20)36;/h3-10,13,17,21H,11-12,14-16H2,1-2H3,(H,33,39)(H2,29,30,31)(H,32,36,38);1H. The molecule has 210 valence electrons. The molecule has 1 unspecified atom stereocenters. The van der Waals surface area contributed by atoms with Crippen molar-refractivity contribution in [3.05, 3.63) is 98.3 Å². The molecular formula is C28H32BrN7O4. The second-order valence-electron chi connectivity index (χ2n) is 10.1. The van der Waals surface area contributed by atoms with Gasteiger partial charge in [0.2, 0.25) is 0 Å². The summed E-state index contributed by atoms with van der Waals surface area (Å²) in [5.74, 6) is 0.397. The highest BCUT2D eigenvalue weighted by Gasteiger charge is 2.56. The van der Waals surface area contributed by atoms with E-state index in [-0.39, 0.29) is 41.9 Å². The number of halogens is 1. The molecule has 2 aliphatic rings. The normalized spacial score (nSPS) is 18.8. The van der Waals surface area contributed by atoms with Gasteiger partial charge in [0, 0.05) is 26.3 Å². The van der Waals surface area contributed by atoms with Gasteiger partial charge in [-0.1, -0.05) is 42.5 Å². The molecule has 2 heterocycles. The predicted molar refractivity (Wildman–Crippen MR) is 157 cm³/mol. The molecule has 0 spiro atoms. The lowest BCUT2D eigenvalue weighted by Gasteiger charge is -2.21. The maximum absolute atomic E-state index is 13.2. The van der Waals surface area contributed by atoms with E-state index in [0.717, 1.165) is 24.0 Å². The summed E-state index contributed by atoms with van der Waals surface area (Å²) in [7, 11) is 1.57. The van der Waals surface area contributed by atoms with Crippen LogP contribution in [0.3, 0.4) is 0 Å². The Morgan fingerprint density at radius 3 is 2.42 bits per heavy atom. The smallest absolute Gasteiger partial charge is 0.329 e. The van der Waals surface area contributed by atoms with Crippen molar-refractivity contribution in [2.45, 2.75) is 44.9 Å². The average molecular weight is 611 g/mol. The van der Waals surface area contributed by atoms with E-state index in [1.807, 2.05) is 36.4 Å². The SMILES string of the molecule is Br.Cn1cc(CNC(=NCc2cccc(N3C(=O)NC(C)(C4CC4)C3=O)c2)NCc2ccccc2)c(=O)[nH]c1=O. The van der Waals surface area contributed by atoms with E-state index in [4.69, 9.17) is 0 Å². The number of H-pyrrole nitrogens is 1. The number of aryl methyl sites for hydroxylation is 1. The van der Waals surface area contributed by atoms with E-state index in [0.29, 0.717) is 23.8 Å². The molecule has 1 aliphatic heterocycles. The lowest BCUT2D eigenvalue weighted by atomic mass is 9.96. The molecule has 2 fully saturated rings. The van der Waals surface area contributed by atoms with Crippen molar-refractivity contribution in [1.29, 1.82) is 0 Å². The van der Waals surface area contributed by atoms with Crippen molar-refractivity contribution in [2.75, 3.05) is 4.90 Å².